The zero-order valence-corrected chi connectivity index (χ0v) is 13.3. The Morgan fingerprint density at radius 1 is 1.40 bits per heavy atom. The van der Waals surface area contributed by atoms with Crippen molar-refractivity contribution in [3.63, 3.8) is 0 Å². The normalized spacial score (nSPS) is 22.6. The number of rotatable bonds is 2. The van der Waals surface area contributed by atoms with Gasteiger partial charge < -0.3 is 15.4 Å². The molecule has 20 heavy (non-hydrogen) atoms. The maximum absolute atomic E-state index is 11.3. The van der Waals surface area contributed by atoms with Crippen molar-refractivity contribution in [1.82, 2.24) is 10.6 Å². The second-order valence-corrected chi connectivity index (χ2v) is 5.29. The van der Waals surface area contributed by atoms with Crippen molar-refractivity contribution in [2.24, 2.45) is 0 Å². The summed E-state index contributed by atoms with van der Waals surface area (Å²) in [5.41, 5.74) is 0.914. The lowest BCUT2D eigenvalue weighted by Crippen LogP contribution is -2.43. The van der Waals surface area contributed by atoms with Crippen LogP contribution >= 0.6 is 35.6 Å². The first-order valence-corrected chi connectivity index (χ1v) is 6.88. The molecule has 1 amide bonds. The van der Waals surface area contributed by atoms with Gasteiger partial charge >= 0.3 is 0 Å². The Hall–Kier alpha value is -0.520. The molecule has 0 radical (unpaired) electrons. The van der Waals surface area contributed by atoms with Crippen LogP contribution < -0.4 is 10.6 Å². The van der Waals surface area contributed by atoms with Crippen molar-refractivity contribution in [2.75, 3.05) is 19.7 Å². The lowest BCUT2D eigenvalue weighted by Gasteiger charge is -2.25. The molecule has 0 aromatic heterocycles. The van der Waals surface area contributed by atoms with Crippen molar-refractivity contribution < 1.29 is 9.53 Å². The first kappa shape index (κ1) is 17.5. The second-order valence-electron chi connectivity index (χ2n) is 4.48. The lowest BCUT2D eigenvalue weighted by molar-refractivity contribution is -0.120. The fourth-order valence-electron chi connectivity index (χ4n) is 2.14. The van der Waals surface area contributed by atoms with Crippen LogP contribution in [0.5, 0.6) is 0 Å². The minimum Gasteiger partial charge on any atom is -0.370 e. The molecule has 0 bridgehead atoms. The Bertz CT molecular complexity index is 471. The number of hydrogen-bond acceptors (Lipinski definition) is 3. The van der Waals surface area contributed by atoms with Crippen LogP contribution in [0, 0.1) is 0 Å². The fourth-order valence-corrected chi connectivity index (χ4v) is 2.45. The van der Waals surface area contributed by atoms with Crippen molar-refractivity contribution in [3.8, 4) is 0 Å². The number of carbonyl (C=O) groups excluding carboxylic acids is 1. The van der Waals surface area contributed by atoms with Gasteiger partial charge in [0.05, 0.1) is 22.7 Å². The predicted molar refractivity (Wildman–Crippen MR) is 82.9 cm³/mol. The molecule has 1 saturated heterocycles. The molecule has 1 aliphatic heterocycles. The van der Waals surface area contributed by atoms with Gasteiger partial charge in [-0.3, -0.25) is 4.79 Å². The monoisotopic (exact) mass is 338 g/mol. The van der Waals surface area contributed by atoms with E-state index in [0.29, 0.717) is 23.2 Å². The third-order valence-corrected chi connectivity index (χ3v) is 3.71. The van der Waals surface area contributed by atoms with E-state index in [1.165, 1.54) is 6.92 Å². The summed E-state index contributed by atoms with van der Waals surface area (Å²) in [4.78, 5) is 11.3. The van der Waals surface area contributed by atoms with Gasteiger partial charge in [0.15, 0.2) is 0 Å². The number of hydrogen-bond donors (Lipinski definition) is 2. The van der Waals surface area contributed by atoms with Gasteiger partial charge in [-0.1, -0.05) is 29.3 Å². The van der Waals surface area contributed by atoms with E-state index in [-0.39, 0.29) is 30.5 Å². The number of ether oxygens (including phenoxy) is 1. The van der Waals surface area contributed by atoms with Crippen LogP contribution in [0.3, 0.4) is 0 Å². The largest absolute Gasteiger partial charge is 0.370 e. The number of nitrogens with one attached hydrogen (secondary N) is 2. The van der Waals surface area contributed by atoms with Crippen molar-refractivity contribution in [2.45, 2.75) is 19.1 Å². The third-order valence-electron chi connectivity index (χ3n) is 2.97. The van der Waals surface area contributed by atoms with Gasteiger partial charge in [0.25, 0.3) is 0 Å². The summed E-state index contributed by atoms with van der Waals surface area (Å²) in [6, 6.07) is 5.27. The minimum atomic E-state index is -0.228. The van der Waals surface area contributed by atoms with E-state index in [1.54, 1.807) is 12.1 Å². The van der Waals surface area contributed by atoms with Crippen molar-refractivity contribution in [3.05, 3.63) is 33.8 Å². The summed E-state index contributed by atoms with van der Waals surface area (Å²) in [7, 11) is 0. The van der Waals surface area contributed by atoms with E-state index in [4.69, 9.17) is 27.9 Å². The summed E-state index contributed by atoms with van der Waals surface area (Å²) in [5, 5.41) is 7.13. The first-order chi connectivity index (χ1) is 9.08. The molecule has 1 fully saturated rings. The maximum Gasteiger partial charge on any atom is 0.217 e. The Kier molecular flexibility index (Phi) is 7.06. The average Bonchev–Trinajstić information content (AvgIpc) is 2.57. The van der Waals surface area contributed by atoms with Gasteiger partial charge in [-0.15, -0.1) is 12.4 Å². The molecular formula is C13H17Cl3N2O2. The van der Waals surface area contributed by atoms with Crippen molar-refractivity contribution in [1.29, 1.82) is 0 Å². The average molecular weight is 340 g/mol. The molecule has 112 valence electrons. The summed E-state index contributed by atoms with van der Waals surface area (Å²) in [6.07, 6.45) is -0.228. The second kappa shape index (κ2) is 8.05. The van der Waals surface area contributed by atoms with Crippen LogP contribution in [0.25, 0.3) is 0 Å². The topological polar surface area (TPSA) is 50.4 Å². The predicted octanol–water partition coefficient (Wildman–Crippen LogP) is 2.58. The Labute approximate surface area is 134 Å². The van der Waals surface area contributed by atoms with Gasteiger partial charge in [0, 0.05) is 20.0 Å². The molecule has 2 unspecified atom stereocenters. The standard InChI is InChI=1S/C13H16Cl2N2O2.ClH/c1-8(18)17-12-7-16-4-5-19-13(12)9-2-3-10(14)11(15)6-9;/h2-3,6,12-13,16H,4-5,7H2,1H3,(H,17,18);1H. The quantitative estimate of drug-likeness (QED) is 0.871. The van der Waals surface area contributed by atoms with E-state index >= 15 is 0 Å². The van der Waals surface area contributed by atoms with Crippen LogP contribution in [-0.2, 0) is 9.53 Å². The molecule has 1 aromatic carbocycles. The highest BCUT2D eigenvalue weighted by Gasteiger charge is 2.27. The summed E-state index contributed by atoms with van der Waals surface area (Å²) in [6.45, 7) is 3.50. The SMILES string of the molecule is CC(=O)NC1CNCCOC1c1ccc(Cl)c(Cl)c1.Cl. The maximum atomic E-state index is 11.3. The van der Waals surface area contributed by atoms with E-state index in [0.717, 1.165) is 12.1 Å². The summed E-state index contributed by atoms with van der Waals surface area (Å²) >= 11 is 12.0. The molecule has 4 nitrogen and oxygen atoms in total. The van der Waals surface area contributed by atoms with E-state index in [1.807, 2.05) is 6.07 Å². The number of benzene rings is 1. The molecule has 2 N–H and O–H groups in total. The highest BCUT2D eigenvalue weighted by Crippen LogP contribution is 2.29. The zero-order chi connectivity index (χ0) is 13.8. The van der Waals surface area contributed by atoms with E-state index < -0.39 is 0 Å². The van der Waals surface area contributed by atoms with Crippen LogP contribution in [0.2, 0.25) is 10.0 Å². The zero-order valence-electron chi connectivity index (χ0n) is 11.0. The molecule has 1 heterocycles. The van der Waals surface area contributed by atoms with Crippen LogP contribution in [0.15, 0.2) is 18.2 Å². The summed E-state index contributed by atoms with van der Waals surface area (Å²) in [5.74, 6) is -0.0811. The van der Waals surface area contributed by atoms with Crippen molar-refractivity contribution >= 4 is 41.5 Å². The third kappa shape index (κ3) is 4.50. The van der Waals surface area contributed by atoms with Crippen LogP contribution in [0.4, 0.5) is 0 Å². The van der Waals surface area contributed by atoms with Gasteiger partial charge in [-0.25, -0.2) is 0 Å². The van der Waals surface area contributed by atoms with Crippen LogP contribution in [-0.4, -0.2) is 31.6 Å². The number of amides is 1. The number of halogens is 3. The minimum absolute atomic E-state index is 0. The van der Waals surface area contributed by atoms with Gasteiger partial charge in [-0.05, 0) is 17.7 Å². The Balaban J connectivity index is 0.00000200. The lowest BCUT2D eigenvalue weighted by atomic mass is 10.0. The molecule has 1 aliphatic rings. The highest BCUT2D eigenvalue weighted by molar-refractivity contribution is 6.42. The molecule has 0 saturated carbocycles. The van der Waals surface area contributed by atoms with E-state index in [2.05, 4.69) is 10.6 Å². The molecule has 2 rings (SSSR count). The molecule has 0 aliphatic carbocycles. The van der Waals surface area contributed by atoms with Gasteiger partial charge in [0.1, 0.15) is 6.10 Å². The molecule has 7 heteroatoms. The van der Waals surface area contributed by atoms with Crippen LogP contribution in [0.1, 0.15) is 18.6 Å². The molecule has 2 atom stereocenters. The number of carbonyl (C=O) groups is 1. The Morgan fingerprint density at radius 3 is 2.80 bits per heavy atom. The fraction of sp³-hybridized carbons (Fsp3) is 0.462. The Morgan fingerprint density at radius 2 is 2.15 bits per heavy atom. The van der Waals surface area contributed by atoms with E-state index in [9.17, 15) is 4.79 Å². The smallest absolute Gasteiger partial charge is 0.217 e. The first-order valence-electron chi connectivity index (χ1n) is 6.12. The molecule has 0 spiro atoms. The van der Waals surface area contributed by atoms with Gasteiger partial charge in [-0.2, -0.15) is 0 Å². The highest BCUT2D eigenvalue weighted by atomic mass is 35.5. The van der Waals surface area contributed by atoms with Gasteiger partial charge in [0.2, 0.25) is 5.91 Å². The summed E-state index contributed by atoms with van der Waals surface area (Å²) < 4.78 is 5.82. The molecular weight excluding hydrogens is 323 g/mol. The molecule has 1 aromatic rings.